The van der Waals surface area contributed by atoms with Crippen LogP contribution in [0.3, 0.4) is 0 Å². The van der Waals surface area contributed by atoms with E-state index in [0.717, 1.165) is 39.0 Å². The second kappa shape index (κ2) is 9.88. The highest BCUT2D eigenvalue weighted by molar-refractivity contribution is 7.80. The number of nitrogens with zero attached hydrogens (tertiary/aromatic N) is 1. The second-order valence-corrected chi connectivity index (χ2v) is 8.48. The van der Waals surface area contributed by atoms with E-state index >= 15 is 0 Å². The van der Waals surface area contributed by atoms with E-state index in [0.29, 0.717) is 23.8 Å². The van der Waals surface area contributed by atoms with E-state index in [2.05, 4.69) is 28.5 Å². The zero-order valence-electron chi connectivity index (χ0n) is 19.0. The molecule has 0 amide bonds. The van der Waals surface area contributed by atoms with Crippen molar-refractivity contribution in [3.05, 3.63) is 105 Å². The highest BCUT2D eigenvalue weighted by Crippen LogP contribution is 2.21. The number of methoxy groups -OCH3 is 1. The minimum atomic E-state index is -0.0958. The molecule has 4 rings (SSSR count). The second-order valence-electron chi connectivity index (χ2n) is 8.10. The zero-order chi connectivity index (χ0) is 23.4. The monoisotopic (exact) mass is 457 g/mol. The lowest BCUT2D eigenvalue weighted by atomic mass is 10.0. The van der Waals surface area contributed by atoms with Gasteiger partial charge in [0, 0.05) is 17.8 Å². The van der Waals surface area contributed by atoms with Gasteiger partial charge in [-0.25, -0.2) is 0 Å². The van der Waals surface area contributed by atoms with Crippen molar-refractivity contribution in [1.82, 2.24) is 9.88 Å². The van der Waals surface area contributed by atoms with Crippen LogP contribution in [0.1, 0.15) is 22.3 Å². The van der Waals surface area contributed by atoms with Crippen molar-refractivity contribution in [3.8, 4) is 5.75 Å². The van der Waals surface area contributed by atoms with E-state index in [-0.39, 0.29) is 5.56 Å². The lowest BCUT2D eigenvalue weighted by Crippen LogP contribution is -2.35. The minimum Gasteiger partial charge on any atom is -0.497 e. The van der Waals surface area contributed by atoms with Crippen LogP contribution in [0.15, 0.2) is 77.6 Å². The fourth-order valence-electron chi connectivity index (χ4n) is 3.77. The first kappa shape index (κ1) is 22.6. The SMILES string of the molecule is COc1ccc(NC(=S)N(Cc2ccccc2)Cc2cc3ccc(C)c(C)c3[nH]c2=O)cc1. The van der Waals surface area contributed by atoms with Crippen LogP contribution in [0.25, 0.3) is 10.9 Å². The number of ether oxygens (including phenoxy) is 1. The number of thiocarbonyl (C=S) groups is 1. The molecule has 0 bridgehead atoms. The van der Waals surface area contributed by atoms with Crippen LogP contribution >= 0.6 is 12.2 Å². The van der Waals surface area contributed by atoms with E-state index in [9.17, 15) is 4.79 Å². The summed E-state index contributed by atoms with van der Waals surface area (Å²) < 4.78 is 5.23. The third-order valence-electron chi connectivity index (χ3n) is 5.83. The van der Waals surface area contributed by atoms with Crippen LogP contribution in [-0.2, 0) is 13.1 Å². The third-order valence-corrected chi connectivity index (χ3v) is 6.19. The molecule has 0 spiro atoms. The van der Waals surface area contributed by atoms with Gasteiger partial charge in [0.2, 0.25) is 0 Å². The first-order chi connectivity index (χ1) is 15.9. The molecule has 0 aliphatic carbocycles. The number of nitrogens with one attached hydrogen (secondary N) is 2. The maximum absolute atomic E-state index is 13.0. The van der Waals surface area contributed by atoms with Gasteiger partial charge in [0.25, 0.3) is 5.56 Å². The molecule has 1 aromatic heterocycles. The van der Waals surface area contributed by atoms with Gasteiger partial charge in [-0.05, 0) is 78.5 Å². The summed E-state index contributed by atoms with van der Waals surface area (Å²) in [5, 5.41) is 4.86. The molecule has 1 heterocycles. The third kappa shape index (κ3) is 5.23. The van der Waals surface area contributed by atoms with Gasteiger partial charge in [0.15, 0.2) is 5.11 Å². The van der Waals surface area contributed by atoms with E-state index in [1.54, 1.807) is 7.11 Å². The van der Waals surface area contributed by atoms with Crippen LogP contribution in [0, 0.1) is 13.8 Å². The smallest absolute Gasteiger partial charge is 0.253 e. The van der Waals surface area contributed by atoms with E-state index < -0.39 is 0 Å². The number of aromatic nitrogens is 1. The van der Waals surface area contributed by atoms with Crippen LogP contribution in [0.2, 0.25) is 0 Å². The Hall–Kier alpha value is -3.64. The van der Waals surface area contributed by atoms with Gasteiger partial charge in [-0.1, -0.05) is 42.5 Å². The molecule has 6 heteroatoms. The molecule has 3 aromatic carbocycles. The molecule has 0 aliphatic rings. The Bertz CT molecular complexity index is 1330. The quantitative estimate of drug-likeness (QED) is 0.372. The van der Waals surface area contributed by atoms with Gasteiger partial charge < -0.3 is 19.9 Å². The molecule has 168 valence electrons. The molecule has 2 N–H and O–H groups in total. The first-order valence-corrected chi connectivity index (χ1v) is 11.2. The summed E-state index contributed by atoms with van der Waals surface area (Å²) in [6.07, 6.45) is 0. The summed E-state index contributed by atoms with van der Waals surface area (Å²) in [7, 11) is 1.64. The molecule has 0 saturated carbocycles. The largest absolute Gasteiger partial charge is 0.497 e. The first-order valence-electron chi connectivity index (χ1n) is 10.8. The lowest BCUT2D eigenvalue weighted by Gasteiger charge is -2.26. The summed E-state index contributed by atoms with van der Waals surface area (Å²) in [6.45, 7) is 5.04. The van der Waals surface area contributed by atoms with E-state index in [1.807, 2.05) is 73.3 Å². The Morgan fingerprint density at radius 3 is 2.42 bits per heavy atom. The lowest BCUT2D eigenvalue weighted by molar-refractivity contribution is 0.411. The number of H-pyrrole nitrogens is 1. The van der Waals surface area contributed by atoms with Crippen LogP contribution < -0.4 is 15.6 Å². The number of rotatable bonds is 6. The molecule has 0 saturated heterocycles. The molecule has 33 heavy (non-hydrogen) atoms. The van der Waals surface area contributed by atoms with Crippen LogP contribution in [-0.4, -0.2) is 22.1 Å². The summed E-state index contributed by atoms with van der Waals surface area (Å²) in [6, 6.07) is 23.8. The summed E-state index contributed by atoms with van der Waals surface area (Å²) in [5.41, 5.74) is 5.67. The summed E-state index contributed by atoms with van der Waals surface area (Å²) in [4.78, 5) is 18.1. The van der Waals surface area contributed by atoms with Gasteiger partial charge in [0.1, 0.15) is 5.75 Å². The van der Waals surface area contributed by atoms with Gasteiger partial charge in [0.05, 0.1) is 19.2 Å². The number of aryl methyl sites for hydroxylation is 2. The van der Waals surface area contributed by atoms with Crippen molar-refractivity contribution in [2.45, 2.75) is 26.9 Å². The van der Waals surface area contributed by atoms with E-state index in [1.165, 1.54) is 0 Å². The maximum Gasteiger partial charge on any atom is 0.253 e. The number of fused-ring (bicyclic) bond motifs is 1. The Morgan fingerprint density at radius 2 is 1.73 bits per heavy atom. The molecular formula is C27H27N3O2S. The van der Waals surface area contributed by atoms with Crippen LogP contribution in [0.4, 0.5) is 5.69 Å². The zero-order valence-corrected chi connectivity index (χ0v) is 19.8. The summed E-state index contributed by atoms with van der Waals surface area (Å²) in [5.74, 6) is 0.779. The number of hydrogen-bond donors (Lipinski definition) is 2. The molecule has 0 radical (unpaired) electrons. The average molecular weight is 458 g/mol. The maximum atomic E-state index is 13.0. The van der Waals surface area contributed by atoms with Gasteiger partial charge in [-0.15, -0.1) is 0 Å². The predicted octanol–water partition coefficient (Wildman–Crippen LogP) is 5.55. The van der Waals surface area contributed by atoms with Crippen molar-refractivity contribution in [2.24, 2.45) is 0 Å². The van der Waals surface area contributed by atoms with Gasteiger partial charge in [-0.2, -0.15) is 0 Å². The normalized spacial score (nSPS) is 10.8. The highest BCUT2D eigenvalue weighted by Gasteiger charge is 2.15. The minimum absolute atomic E-state index is 0.0958. The molecule has 5 nitrogen and oxygen atoms in total. The Kier molecular flexibility index (Phi) is 6.75. The van der Waals surface area contributed by atoms with Crippen molar-refractivity contribution in [2.75, 3.05) is 12.4 Å². The standard InChI is InChI=1S/C27H27N3O2S/c1-18-9-10-21-15-22(26(31)29-25(21)19(18)2)17-30(16-20-7-5-4-6-8-20)27(33)28-23-11-13-24(32-3)14-12-23/h4-15H,16-17H2,1-3H3,(H,28,33)(H,29,31). The highest BCUT2D eigenvalue weighted by atomic mass is 32.1. The van der Waals surface area contributed by atoms with Crippen molar-refractivity contribution >= 4 is 33.9 Å². The number of hydrogen-bond acceptors (Lipinski definition) is 3. The predicted molar refractivity (Wildman–Crippen MR) is 139 cm³/mol. The van der Waals surface area contributed by atoms with Crippen LogP contribution in [0.5, 0.6) is 5.75 Å². The Balaban J connectivity index is 1.64. The molecule has 4 aromatic rings. The molecule has 0 aliphatic heterocycles. The number of benzene rings is 3. The number of aromatic amines is 1. The number of anilines is 1. The molecule has 0 fully saturated rings. The Labute approximate surface area is 199 Å². The average Bonchev–Trinajstić information content (AvgIpc) is 2.83. The molecule has 0 atom stereocenters. The van der Waals surface area contributed by atoms with Crippen molar-refractivity contribution in [3.63, 3.8) is 0 Å². The van der Waals surface area contributed by atoms with Crippen molar-refractivity contribution in [1.29, 1.82) is 0 Å². The number of pyridine rings is 1. The van der Waals surface area contributed by atoms with Gasteiger partial charge >= 0.3 is 0 Å². The van der Waals surface area contributed by atoms with Crippen molar-refractivity contribution < 1.29 is 4.74 Å². The fraction of sp³-hybridized carbons (Fsp3) is 0.185. The fourth-order valence-corrected chi connectivity index (χ4v) is 4.02. The van der Waals surface area contributed by atoms with E-state index in [4.69, 9.17) is 17.0 Å². The Morgan fingerprint density at radius 1 is 1.00 bits per heavy atom. The summed E-state index contributed by atoms with van der Waals surface area (Å²) >= 11 is 5.77. The molecular weight excluding hydrogens is 430 g/mol. The molecule has 0 unspecified atom stereocenters. The van der Waals surface area contributed by atoms with Gasteiger partial charge in [-0.3, -0.25) is 4.79 Å². The topological polar surface area (TPSA) is 57.4 Å².